The number of nitrogens with zero attached hydrogens (tertiary/aromatic N) is 2. The molecule has 0 spiro atoms. The number of hydrogen-bond donors (Lipinski definition) is 2. The molecule has 138 valence electrons. The monoisotopic (exact) mass is 366 g/mol. The van der Waals surface area contributed by atoms with E-state index >= 15 is 0 Å². The van der Waals surface area contributed by atoms with Crippen LogP contribution in [0, 0.1) is 10.1 Å². The lowest BCUT2D eigenvalue weighted by Crippen LogP contribution is -2.15. The maximum Gasteiger partial charge on any atom is 0.344 e. The van der Waals surface area contributed by atoms with Crippen molar-refractivity contribution in [3.05, 3.63) is 70.3 Å². The van der Waals surface area contributed by atoms with Crippen molar-refractivity contribution in [2.45, 2.75) is 0 Å². The molecule has 2 N–H and O–H groups in total. The number of pyridine rings is 1. The molecule has 0 aliphatic heterocycles. The lowest BCUT2D eigenvalue weighted by atomic mass is 10.1. The van der Waals surface area contributed by atoms with Crippen LogP contribution >= 0.6 is 0 Å². The second kappa shape index (κ2) is 8.13. The third-order valence-electron chi connectivity index (χ3n) is 3.96. The quantitative estimate of drug-likeness (QED) is 0.285. The van der Waals surface area contributed by atoms with Crippen LogP contribution in [0.3, 0.4) is 0 Å². The van der Waals surface area contributed by atoms with Crippen molar-refractivity contribution in [1.82, 2.24) is 4.98 Å². The van der Waals surface area contributed by atoms with Gasteiger partial charge in [0.15, 0.2) is 0 Å². The van der Waals surface area contributed by atoms with E-state index in [1.165, 1.54) is 19.2 Å². The number of nitro benzene ring substituents is 1. The number of anilines is 2. The summed E-state index contributed by atoms with van der Waals surface area (Å²) in [5.41, 5.74) is 1.13. The number of carbonyl (C=O) groups is 1. The van der Waals surface area contributed by atoms with E-state index in [0.717, 1.165) is 16.7 Å². The topological polar surface area (TPSA) is 106 Å². The second-order valence-electron chi connectivity index (χ2n) is 5.72. The average Bonchev–Trinajstić information content (AvgIpc) is 2.70. The summed E-state index contributed by atoms with van der Waals surface area (Å²) in [6, 6.07) is 16.0. The average molecular weight is 366 g/mol. The summed E-state index contributed by atoms with van der Waals surface area (Å²) in [4.78, 5) is 26.7. The predicted molar refractivity (Wildman–Crippen MR) is 103 cm³/mol. The number of benzene rings is 2. The zero-order valence-corrected chi connectivity index (χ0v) is 14.6. The van der Waals surface area contributed by atoms with Crippen molar-refractivity contribution < 1.29 is 14.5 Å². The number of hydrogen-bond acceptors (Lipinski definition) is 7. The Morgan fingerprint density at radius 1 is 1.11 bits per heavy atom. The zero-order chi connectivity index (χ0) is 19.2. The zero-order valence-electron chi connectivity index (χ0n) is 14.6. The van der Waals surface area contributed by atoms with Crippen LogP contribution in [-0.4, -0.2) is 36.1 Å². The standard InChI is InChI=1S/C19H18N4O4/c1-27-19(24)15-12-14(7-8-17(15)23(25)26)20-10-11-21-18-9-6-13-4-2-3-5-16(13)22-18/h2-9,12,20H,10-11H2,1H3,(H,21,22). The molecule has 1 aromatic heterocycles. The summed E-state index contributed by atoms with van der Waals surface area (Å²) in [6.07, 6.45) is 0. The van der Waals surface area contributed by atoms with Crippen LogP contribution in [0.4, 0.5) is 17.2 Å². The first kappa shape index (κ1) is 18.1. The van der Waals surface area contributed by atoms with E-state index in [4.69, 9.17) is 0 Å². The van der Waals surface area contributed by atoms with Gasteiger partial charge in [0.1, 0.15) is 11.4 Å². The second-order valence-corrected chi connectivity index (χ2v) is 5.72. The fourth-order valence-electron chi connectivity index (χ4n) is 2.64. The normalized spacial score (nSPS) is 10.4. The van der Waals surface area contributed by atoms with Crippen LogP contribution in [0.25, 0.3) is 10.9 Å². The number of rotatable bonds is 7. The highest BCUT2D eigenvalue weighted by atomic mass is 16.6. The molecule has 3 rings (SSSR count). The smallest absolute Gasteiger partial charge is 0.344 e. The molecular weight excluding hydrogens is 348 g/mol. The first-order chi connectivity index (χ1) is 13.1. The van der Waals surface area contributed by atoms with E-state index in [1.807, 2.05) is 36.4 Å². The molecule has 0 unspecified atom stereocenters. The molecular formula is C19H18N4O4. The van der Waals surface area contributed by atoms with E-state index in [9.17, 15) is 14.9 Å². The van der Waals surface area contributed by atoms with Crippen molar-refractivity contribution >= 4 is 34.1 Å². The Morgan fingerprint density at radius 2 is 1.89 bits per heavy atom. The van der Waals surface area contributed by atoms with Gasteiger partial charge in [-0.05, 0) is 30.3 Å². The third-order valence-corrected chi connectivity index (χ3v) is 3.96. The van der Waals surface area contributed by atoms with Gasteiger partial charge >= 0.3 is 5.97 Å². The van der Waals surface area contributed by atoms with Gasteiger partial charge in [-0.15, -0.1) is 0 Å². The van der Waals surface area contributed by atoms with Crippen molar-refractivity contribution in [2.24, 2.45) is 0 Å². The fraction of sp³-hybridized carbons (Fsp3) is 0.158. The molecule has 27 heavy (non-hydrogen) atoms. The van der Waals surface area contributed by atoms with Crippen molar-refractivity contribution in [3.8, 4) is 0 Å². The van der Waals surface area contributed by atoms with Gasteiger partial charge in [0.25, 0.3) is 5.69 Å². The van der Waals surface area contributed by atoms with E-state index in [2.05, 4.69) is 20.4 Å². The Hall–Kier alpha value is -3.68. The minimum atomic E-state index is -0.746. The predicted octanol–water partition coefficient (Wildman–Crippen LogP) is 3.45. The highest BCUT2D eigenvalue weighted by Crippen LogP contribution is 2.23. The molecule has 8 nitrogen and oxygen atoms in total. The molecule has 0 bridgehead atoms. The number of nitro groups is 1. The first-order valence-corrected chi connectivity index (χ1v) is 8.29. The molecule has 0 aliphatic rings. The Kier molecular flexibility index (Phi) is 5.46. The highest BCUT2D eigenvalue weighted by molar-refractivity contribution is 5.95. The first-order valence-electron chi connectivity index (χ1n) is 8.29. The fourth-order valence-corrected chi connectivity index (χ4v) is 2.64. The van der Waals surface area contributed by atoms with Gasteiger partial charge in [0.05, 0.1) is 17.5 Å². The van der Waals surface area contributed by atoms with Crippen molar-refractivity contribution in [1.29, 1.82) is 0 Å². The number of esters is 1. The van der Waals surface area contributed by atoms with Gasteiger partial charge in [-0.1, -0.05) is 18.2 Å². The maximum atomic E-state index is 11.7. The van der Waals surface area contributed by atoms with Gasteiger partial charge < -0.3 is 15.4 Å². The van der Waals surface area contributed by atoms with Gasteiger partial charge in [0, 0.05) is 30.2 Å². The molecule has 3 aromatic rings. The van der Waals surface area contributed by atoms with Gasteiger partial charge in [-0.25, -0.2) is 9.78 Å². The number of aromatic nitrogens is 1. The number of fused-ring (bicyclic) bond motifs is 1. The molecule has 0 fully saturated rings. The van der Waals surface area contributed by atoms with E-state index in [0.29, 0.717) is 18.8 Å². The number of methoxy groups -OCH3 is 1. The highest BCUT2D eigenvalue weighted by Gasteiger charge is 2.21. The van der Waals surface area contributed by atoms with Gasteiger partial charge in [0.2, 0.25) is 0 Å². The summed E-state index contributed by atoms with van der Waals surface area (Å²) < 4.78 is 4.61. The summed E-state index contributed by atoms with van der Waals surface area (Å²) in [6.45, 7) is 1.11. The lowest BCUT2D eigenvalue weighted by Gasteiger charge is -2.10. The van der Waals surface area contributed by atoms with Crippen LogP contribution in [0.5, 0.6) is 0 Å². The lowest BCUT2D eigenvalue weighted by molar-refractivity contribution is -0.385. The molecule has 0 saturated carbocycles. The molecule has 0 aliphatic carbocycles. The van der Waals surface area contributed by atoms with Crippen LogP contribution in [0.1, 0.15) is 10.4 Å². The number of nitrogens with one attached hydrogen (secondary N) is 2. The molecule has 2 aromatic carbocycles. The third kappa shape index (κ3) is 4.30. The molecule has 1 heterocycles. The summed E-state index contributed by atoms with van der Waals surface area (Å²) >= 11 is 0. The number of carbonyl (C=O) groups excluding carboxylic acids is 1. The van der Waals surface area contributed by atoms with Crippen LogP contribution in [-0.2, 0) is 4.74 Å². The summed E-state index contributed by atoms with van der Waals surface area (Å²) in [5, 5.41) is 18.4. The number of ether oxygens (including phenoxy) is 1. The Balaban J connectivity index is 1.61. The maximum absolute atomic E-state index is 11.7. The van der Waals surface area contributed by atoms with E-state index < -0.39 is 10.9 Å². The SMILES string of the molecule is COC(=O)c1cc(NCCNc2ccc3ccccc3n2)ccc1[N+](=O)[O-]. The summed E-state index contributed by atoms with van der Waals surface area (Å²) in [5.74, 6) is 0.0123. The summed E-state index contributed by atoms with van der Waals surface area (Å²) in [7, 11) is 1.19. The Bertz CT molecular complexity index is 990. The van der Waals surface area contributed by atoms with Gasteiger partial charge in [-0.3, -0.25) is 10.1 Å². The van der Waals surface area contributed by atoms with Crippen LogP contribution in [0.15, 0.2) is 54.6 Å². The molecule has 8 heteroatoms. The van der Waals surface area contributed by atoms with Gasteiger partial charge in [-0.2, -0.15) is 0 Å². The Labute approximate surface area is 155 Å². The molecule has 0 saturated heterocycles. The van der Waals surface area contributed by atoms with E-state index in [-0.39, 0.29) is 11.3 Å². The number of para-hydroxylation sites is 1. The molecule has 0 amide bonds. The van der Waals surface area contributed by atoms with Crippen LogP contribution in [0.2, 0.25) is 0 Å². The van der Waals surface area contributed by atoms with Crippen molar-refractivity contribution in [2.75, 3.05) is 30.8 Å². The minimum Gasteiger partial charge on any atom is -0.465 e. The minimum absolute atomic E-state index is 0.0864. The Morgan fingerprint density at radius 3 is 2.67 bits per heavy atom. The molecule has 0 atom stereocenters. The largest absolute Gasteiger partial charge is 0.465 e. The van der Waals surface area contributed by atoms with Crippen molar-refractivity contribution in [3.63, 3.8) is 0 Å². The van der Waals surface area contributed by atoms with Crippen LogP contribution < -0.4 is 10.6 Å². The van der Waals surface area contributed by atoms with E-state index in [1.54, 1.807) is 6.07 Å². The molecule has 0 radical (unpaired) electrons.